The largest absolute Gasteiger partial charge is 0.347 e. The van der Waals surface area contributed by atoms with Crippen LogP contribution in [0, 0.1) is 0 Å². The van der Waals surface area contributed by atoms with E-state index in [1.165, 1.54) is 0 Å². The molecule has 0 bridgehead atoms. The lowest BCUT2D eigenvalue weighted by Gasteiger charge is -2.15. The van der Waals surface area contributed by atoms with Crippen molar-refractivity contribution in [2.24, 2.45) is 0 Å². The first-order chi connectivity index (χ1) is 8.25. The van der Waals surface area contributed by atoms with Gasteiger partial charge in [-0.25, -0.2) is 4.98 Å². The van der Waals surface area contributed by atoms with Crippen LogP contribution >= 0.6 is 0 Å². The summed E-state index contributed by atoms with van der Waals surface area (Å²) in [7, 11) is 1.77. The summed E-state index contributed by atoms with van der Waals surface area (Å²) >= 11 is 0. The van der Waals surface area contributed by atoms with Gasteiger partial charge < -0.3 is 9.88 Å². The van der Waals surface area contributed by atoms with E-state index in [-0.39, 0.29) is 5.91 Å². The summed E-state index contributed by atoms with van der Waals surface area (Å²) in [5.74, 6) is 0.872. The van der Waals surface area contributed by atoms with Crippen molar-refractivity contribution in [3.63, 3.8) is 0 Å². The van der Waals surface area contributed by atoms with Crippen LogP contribution in [0.5, 0.6) is 0 Å². The number of nitrogens with zero attached hydrogens (tertiary/aromatic N) is 4. The molecule has 6 heteroatoms. The molecule has 1 N–H and O–H groups in total. The number of hydrogen-bond donors (Lipinski definition) is 1. The highest BCUT2D eigenvalue weighted by atomic mass is 16.2. The van der Waals surface area contributed by atoms with Crippen LogP contribution in [-0.2, 0) is 17.9 Å². The van der Waals surface area contributed by atoms with Crippen molar-refractivity contribution in [3.8, 4) is 0 Å². The van der Waals surface area contributed by atoms with Gasteiger partial charge in [0.2, 0.25) is 5.91 Å². The summed E-state index contributed by atoms with van der Waals surface area (Å²) in [6.45, 7) is 1.11. The van der Waals surface area contributed by atoms with Crippen LogP contribution in [-0.4, -0.2) is 37.6 Å². The Morgan fingerprint density at radius 3 is 3.06 bits per heavy atom. The second-order valence-corrected chi connectivity index (χ2v) is 3.80. The average Bonchev–Trinajstić information content (AvgIpc) is 2.98. The summed E-state index contributed by atoms with van der Waals surface area (Å²) in [4.78, 5) is 20.5. The quantitative estimate of drug-likeness (QED) is 0.824. The van der Waals surface area contributed by atoms with Crippen molar-refractivity contribution in [1.29, 1.82) is 0 Å². The van der Waals surface area contributed by atoms with Crippen LogP contribution in [0.15, 0.2) is 30.9 Å². The first-order valence-corrected chi connectivity index (χ1v) is 5.45. The van der Waals surface area contributed by atoms with Gasteiger partial charge in [-0.1, -0.05) is 0 Å². The van der Waals surface area contributed by atoms with E-state index in [4.69, 9.17) is 0 Å². The van der Waals surface area contributed by atoms with Crippen LogP contribution in [0.1, 0.15) is 12.2 Å². The van der Waals surface area contributed by atoms with Crippen molar-refractivity contribution in [1.82, 2.24) is 24.6 Å². The molecule has 0 saturated heterocycles. The Hall–Kier alpha value is -2.11. The maximum absolute atomic E-state index is 11.8. The monoisotopic (exact) mass is 233 g/mol. The summed E-state index contributed by atoms with van der Waals surface area (Å²) in [6, 6.07) is 1.84. The molecule has 0 aromatic carbocycles. The van der Waals surface area contributed by atoms with E-state index in [2.05, 4.69) is 15.1 Å². The zero-order valence-electron chi connectivity index (χ0n) is 9.71. The van der Waals surface area contributed by atoms with E-state index in [1.807, 2.05) is 12.3 Å². The Morgan fingerprint density at radius 2 is 2.41 bits per heavy atom. The highest BCUT2D eigenvalue weighted by Gasteiger charge is 2.10. The number of aryl methyl sites for hydroxylation is 1. The SMILES string of the molecule is CN(Cc1ncc[nH]1)C(=O)CCn1cccn1. The number of aromatic nitrogens is 4. The van der Waals surface area contributed by atoms with Crippen molar-refractivity contribution in [2.75, 3.05) is 7.05 Å². The van der Waals surface area contributed by atoms with Gasteiger partial charge in [-0.3, -0.25) is 9.48 Å². The van der Waals surface area contributed by atoms with Crippen LogP contribution in [0.3, 0.4) is 0 Å². The molecule has 0 saturated carbocycles. The molecule has 6 nitrogen and oxygen atoms in total. The highest BCUT2D eigenvalue weighted by Crippen LogP contribution is 2.00. The van der Waals surface area contributed by atoms with Crippen molar-refractivity contribution in [3.05, 3.63) is 36.7 Å². The zero-order chi connectivity index (χ0) is 12.1. The van der Waals surface area contributed by atoms with Crippen LogP contribution in [0.25, 0.3) is 0 Å². The van der Waals surface area contributed by atoms with E-state index in [1.54, 1.807) is 35.2 Å². The summed E-state index contributed by atoms with van der Waals surface area (Å²) < 4.78 is 1.75. The van der Waals surface area contributed by atoms with Gasteiger partial charge in [0, 0.05) is 44.8 Å². The van der Waals surface area contributed by atoms with Crippen LogP contribution < -0.4 is 0 Å². The molecular formula is C11H15N5O. The number of nitrogens with one attached hydrogen (secondary N) is 1. The first kappa shape index (κ1) is 11.4. The molecule has 0 aliphatic heterocycles. The summed E-state index contributed by atoms with van der Waals surface area (Å²) in [5, 5.41) is 4.05. The van der Waals surface area contributed by atoms with E-state index < -0.39 is 0 Å². The van der Waals surface area contributed by atoms with Gasteiger partial charge in [0.05, 0.1) is 6.54 Å². The van der Waals surface area contributed by atoms with Crippen molar-refractivity contribution >= 4 is 5.91 Å². The lowest BCUT2D eigenvalue weighted by molar-refractivity contribution is -0.130. The molecule has 90 valence electrons. The lowest BCUT2D eigenvalue weighted by Crippen LogP contribution is -2.27. The van der Waals surface area contributed by atoms with Crippen molar-refractivity contribution < 1.29 is 4.79 Å². The molecule has 17 heavy (non-hydrogen) atoms. The minimum absolute atomic E-state index is 0.0805. The third-order valence-electron chi connectivity index (χ3n) is 2.48. The Bertz CT molecular complexity index is 448. The lowest BCUT2D eigenvalue weighted by atomic mass is 10.3. The van der Waals surface area contributed by atoms with Crippen LogP contribution in [0.2, 0.25) is 0 Å². The van der Waals surface area contributed by atoms with E-state index in [0.29, 0.717) is 19.5 Å². The molecule has 0 aliphatic carbocycles. The first-order valence-electron chi connectivity index (χ1n) is 5.45. The Balaban J connectivity index is 1.79. The third-order valence-corrected chi connectivity index (χ3v) is 2.48. The molecule has 2 rings (SSSR count). The van der Waals surface area contributed by atoms with Gasteiger partial charge in [0.15, 0.2) is 0 Å². The molecule has 2 heterocycles. The molecule has 1 amide bonds. The van der Waals surface area contributed by atoms with Gasteiger partial charge in [0.25, 0.3) is 0 Å². The Kier molecular flexibility index (Phi) is 3.54. The zero-order valence-corrected chi connectivity index (χ0v) is 9.71. The minimum Gasteiger partial charge on any atom is -0.347 e. The molecule has 0 atom stereocenters. The standard InChI is InChI=1S/C11H15N5O/c1-15(9-10-12-5-6-13-10)11(17)3-8-16-7-2-4-14-16/h2,4-7H,3,8-9H2,1H3,(H,12,13). The number of carbonyl (C=O) groups excluding carboxylic acids is 1. The normalized spacial score (nSPS) is 10.4. The highest BCUT2D eigenvalue weighted by molar-refractivity contribution is 5.75. The third kappa shape index (κ3) is 3.17. The van der Waals surface area contributed by atoms with Gasteiger partial charge in [-0.15, -0.1) is 0 Å². The number of aromatic amines is 1. The summed E-state index contributed by atoms with van der Waals surface area (Å²) in [5.41, 5.74) is 0. The molecule has 2 aromatic rings. The predicted octanol–water partition coefficient (Wildman–Crippen LogP) is 0.655. The van der Waals surface area contributed by atoms with Gasteiger partial charge >= 0.3 is 0 Å². The van der Waals surface area contributed by atoms with Gasteiger partial charge in [-0.05, 0) is 6.07 Å². The fourth-order valence-corrected chi connectivity index (χ4v) is 1.53. The predicted molar refractivity (Wildman–Crippen MR) is 61.9 cm³/mol. The Morgan fingerprint density at radius 1 is 1.53 bits per heavy atom. The van der Waals surface area contributed by atoms with Gasteiger partial charge in [-0.2, -0.15) is 5.10 Å². The number of carbonyl (C=O) groups is 1. The molecule has 0 fully saturated rings. The molecule has 0 spiro atoms. The number of amides is 1. The molecule has 2 aromatic heterocycles. The minimum atomic E-state index is 0.0805. The topological polar surface area (TPSA) is 66.8 Å². The molecule has 0 radical (unpaired) electrons. The van der Waals surface area contributed by atoms with Crippen LogP contribution in [0.4, 0.5) is 0 Å². The van der Waals surface area contributed by atoms with E-state index >= 15 is 0 Å². The van der Waals surface area contributed by atoms with Crippen molar-refractivity contribution in [2.45, 2.75) is 19.5 Å². The summed E-state index contributed by atoms with van der Waals surface area (Å²) in [6.07, 6.45) is 7.42. The van der Waals surface area contributed by atoms with Gasteiger partial charge in [0.1, 0.15) is 5.82 Å². The molecular weight excluding hydrogens is 218 g/mol. The second-order valence-electron chi connectivity index (χ2n) is 3.80. The van der Waals surface area contributed by atoms with E-state index in [9.17, 15) is 4.79 Å². The molecule has 0 aliphatic rings. The maximum Gasteiger partial charge on any atom is 0.224 e. The smallest absolute Gasteiger partial charge is 0.224 e. The number of imidazole rings is 1. The fraction of sp³-hybridized carbons (Fsp3) is 0.364. The number of hydrogen-bond acceptors (Lipinski definition) is 3. The fourth-order valence-electron chi connectivity index (χ4n) is 1.53. The number of rotatable bonds is 5. The number of H-pyrrole nitrogens is 1. The molecule has 0 unspecified atom stereocenters. The Labute approximate surface area is 99.3 Å². The average molecular weight is 233 g/mol. The second kappa shape index (κ2) is 5.29. The maximum atomic E-state index is 11.8. The van der Waals surface area contributed by atoms with E-state index in [0.717, 1.165) is 5.82 Å².